The van der Waals surface area contributed by atoms with Gasteiger partial charge >= 0.3 is 0 Å². The Morgan fingerprint density at radius 2 is 1.85 bits per heavy atom. The highest BCUT2D eigenvalue weighted by molar-refractivity contribution is 7.99. The summed E-state index contributed by atoms with van der Waals surface area (Å²) >= 11 is 1.54. The van der Waals surface area contributed by atoms with Gasteiger partial charge in [0.2, 0.25) is 5.91 Å². The number of carbonyl (C=O) groups excluding carboxylic acids is 1. The lowest BCUT2D eigenvalue weighted by Gasteiger charge is -2.27. The molecule has 1 rings (SSSR count). The molecule has 0 aromatic heterocycles. The molecule has 0 aliphatic heterocycles. The van der Waals surface area contributed by atoms with E-state index >= 15 is 0 Å². The fourth-order valence-electron chi connectivity index (χ4n) is 1.88. The van der Waals surface area contributed by atoms with Gasteiger partial charge in [-0.3, -0.25) is 4.79 Å². The Hall–Kier alpha value is -0.710. The summed E-state index contributed by atoms with van der Waals surface area (Å²) in [5.41, 5.74) is 6.94. The molecule has 0 fully saturated rings. The first kappa shape index (κ1) is 19.3. The van der Waals surface area contributed by atoms with E-state index in [9.17, 15) is 4.79 Å². The van der Waals surface area contributed by atoms with Gasteiger partial charge in [-0.1, -0.05) is 44.2 Å². The van der Waals surface area contributed by atoms with E-state index in [0.29, 0.717) is 6.54 Å². The van der Waals surface area contributed by atoms with Crippen LogP contribution in [0.2, 0.25) is 0 Å². The third kappa shape index (κ3) is 5.35. The van der Waals surface area contributed by atoms with Crippen molar-refractivity contribution in [3.05, 3.63) is 35.9 Å². The number of hydrogen-bond donors (Lipinski definition) is 2. The van der Waals surface area contributed by atoms with E-state index in [4.69, 9.17) is 5.73 Å². The summed E-state index contributed by atoms with van der Waals surface area (Å²) in [6.07, 6.45) is 3.67. The highest BCUT2D eigenvalue weighted by Gasteiger charge is 2.24. The molecule has 3 N–H and O–H groups in total. The maximum Gasteiger partial charge on any atom is 0.237 e. The third-order valence-corrected chi connectivity index (χ3v) is 4.56. The maximum atomic E-state index is 12.3. The molecule has 0 radical (unpaired) electrons. The van der Waals surface area contributed by atoms with Gasteiger partial charge in [0, 0.05) is 12.1 Å². The molecule has 3 nitrogen and oxygen atoms in total. The number of hydrogen-bond acceptors (Lipinski definition) is 3. The summed E-state index contributed by atoms with van der Waals surface area (Å²) in [4.78, 5) is 12.3. The predicted molar refractivity (Wildman–Crippen MR) is 90.5 cm³/mol. The first-order valence-corrected chi connectivity index (χ1v) is 7.99. The molecule has 0 saturated heterocycles. The van der Waals surface area contributed by atoms with E-state index in [2.05, 4.69) is 19.2 Å². The molecule has 114 valence electrons. The Balaban J connectivity index is 0.00000361. The molecule has 1 atom stereocenters. The summed E-state index contributed by atoms with van der Waals surface area (Å²) in [7, 11) is 0. The average molecular weight is 317 g/mol. The van der Waals surface area contributed by atoms with Crippen molar-refractivity contribution in [2.75, 3.05) is 12.8 Å². The molecule has 5 heteroatoms. The molecule has 0 saturated carbocycles. The van der Waals surface area contributed by atoms with E-state index in [0.717, 1.165) is 18.4 Å². The largest absolute Gasteiger partial charge is 0.353 e. The Bertz CT molecular complexity index is 396. The van der Waals surface area contributed by atoms with Crippen LogP contribution >= 0.6 is 24.2 Å². The Morgan fingerprint density at radius 3 is 2.30 bits per heavy atom. The second-order valence-corrected chi connectivity index (χ2v) is 5.76. The van der Waals surface area contributed by atoms with Gasteiger partial charge in [0.05, 0.1) is 0 Å². The van der Waals surface area contributed by atoms with Crippen LogP contribution in [0.3, 0.4) is 0 Å². The number of amides is 1. The zero-order chi connectivity index (χ0) is 14.3. The summed E-state index contributed by atoms with van der Waals surface area (Å²) < 4.78 is 0. The van der Waals surface area contributed by atoms with Crippen molar-refractivity contribution in [2.24, 2.45) is 5.73 Å². The highest BCUT2D eigenvalue weighted by atomic mass is 35.5. The SMILES string of the molecule is CCC(N)(CC)CNC(=O)C(SC)c1ccccc1.Cl. The highest BCUT2D eigenvalue weighted by Crippen LogP contribution is 2.26. The molecule has 0 aliphatic carbocycles. The van der Waals surface area contributed by atoms with Crippen LogP contribution in [0.25, 0.3) is 0 Å². The topological polar surface area (TPSA) is 55.1 Å². The molecule has 1 aromatic carbocycles. The van der Waals surface area contributed by atoms with Gasteiger partial charge in [-0.05, 0) is 24.7 Å². The van der Waals surface area contributed by atoms with Gasteiger partial charge in [0.25, 0.3) is 0 Å². The number of benzene rings is 1. The van der Waals surface area contributed by atoms with Gasteiger partial charge in [0.15, 0.2) is 0 Å². The molecule has 0 heterocycles. The molecule has 1 unspecified atom stereocenters. The zero-order valence-electron chi connectivity index (χ0n) is 12.4. The van der Waals surface area contributed by atoms with Crippen LogP contribution in [0.1, 0.15) is 37.5 Å². The van der Waals surface area contributed by atoms with Crippen LogP contribution < -0.4 is 11.1 Å². The third-order valence-electron chi connectivity index (χ3n) is 3.60. The lowest BCUT2D eigenvalue weighted by atomic mass is 9.94. The zero-order valence-corrected chi connectivity index (χ0v) is 14.0. The van der Waals surface area contributed by atoms with Crippen LogP contribution in [-0.2, 0) is 4.79 Å². The molecule has 20 heavy (non-hydrogen) atoms. The van der Waals surface area contributed by atoms with Crippen LogP contribution in [0.5, 0.6) is 0 Å². The number of carbonyl (C=O) groups is 1. The van der Waals surface area contributed by atoms with Crippen molar-refractivity contribution in [1.82, 2.24) is 5.32 Å². The fraction of sp³-hybridized carbons (Fsp3) is 0.533. The first-order chi connectivity index (χ1) is 9.06. The molecule has 1 amide bonds. The summed E-state index contributed by atoms with van der Waals surface area (Å²) in [5.74, 6) is 0.0374. The van der Waals surface area contributed by atoms with Crippen LogP contribution in [0.15, 0.2) is 30.3 Å². The molecule has 1 aromatic rings. The Morgan fingerprint density at radius 1 is 1.30 bits per heavy atom. The number of nitrogens with two attached hydrogens (primary N) is 1. The second-order valence-electron chi connectivity index (χ2n) is 4.81. The summed E-state index contributed by atoms with van der Waals surface area (Å²) in [5, 5.41) is 2.82. The predicted octanol–water partition coefficient (Wildman–Crippen LogP) is 3.15. The van der Waals surface area contributed by atoms with Crippen LogP contribution in [-0.4, -0.2) is 24.2 Å². The van der Waals surface area contributed by atoms with Gasteiger partial charge in [-0.2, -0.15) is 0 Å². The molecule has 0 aliphatic rings. The molecule has 0 spiro atoms. The maximum absolute atomic E-state index is 12.3. The van der Waals surface area contributed by atoms with Crippen LogP contribution in [0, 0.1) is 0 Å². The summed E-state index contributed by atoms with van der Waals surface area (Å²) in [6, 6.07) is 9.83. The van der Waals surface area contributed by atoms with Gasteiger partial charge < -0.3 is 11.1 Å². The normalized spacial score (nSPS) is 12.4. The van der Waals surface area contributed by atoms with Crippen molar-refractivity contribution in [3.63, 3.8) is 0 Å². The molecule has 0 bridgehead atoms. The van der Waals surface area contributed by atoms with E-state index in [1.165, 1.54) is 0 Å². The molecular formula is C15H25ClN2OS. The minimum atomic E-state index is -0.296. The lowest BCUT2D eigenvalue weighted by Crippen LogP contribution is -2.49. The number of nitrogens with one attached hydrogen (secondary N) is 1. The van der Waals surface area contributed by atoms with Gasteiger partial charge in [0.1, 0.15) is 5.25 Å². The monoisotopic (exact) mass is 316 g/mol. The van der Waals surface area contributed by atoms with Crippen molar-refractivity contribution < 1.29 is 4.79 Å². The standard InChI is InChI=1S/C15H24N2OS.ClH/c1-4-15(16,5-2)11-17-14(18)13(19-3)12-9-7-6-8-10-12;/h6-10,13H,4-5,11,16H2,1-3H3,(H,17,18);1H. The molecular weight excluding hydrogens is 292 g/mol. The average Bonchev–Trinajstić information content (AvgIpc) is 2.46. The minimum absolute atomic E-state index is 0. The quantitative estimate of drug-likeness (QED) is 0.812. The fourth-order valence-corrected chi connectivity index (χ4v) is 2.60. The smallest absolute Gasteiger partial charge is 0.237 e. The Labute approximate surface area is 132 Å². The Kier molecular flexibility index (Phi) is 8.94. The number of rotatable bonds is 7. The van der Waals surface area contributed by atoms with E-state index < -0.39 is 0 Å². The van der Waals surface area contributed by atoms with E-state index in [1.807, 2.05) is 36.6 Å². The number of halogens is 1. The minimum Gasteiger partial charge on any atom is -0.353 e. The van der Waals surface area contributed by atoms with Gasteiger partial charge in [-0.15, -0.1) is 24.2 Å². The van der Waals surface area contributed by atoms with E-state index in [1.54, 1.807) is 11.8 Å². The van der Waals surface area contributed by atoms with Crippen LogP contribution in [0.4, 0.5) is 0 Å². The lowest BCUT2D eigenvalue weighted by molar-refractivity contribution is -0.120. The van der Waals surface area contributed by atoms with Crippen molar-refractivity contribution in [3.8, 4) is 0 Å². The van der Waals surface area contributed by atoms with Gasteiger partial charge in [-0.25, -0.2) is 0 Å². The first-order valence-electron chi connectivity index (χ1n) is 6.70. The second kappa shape index (κ2) is 9.27. The number of thioether (sulfide) groups is 1. The van der Waals surface area contributed by atoms with Crippen molar-refractivity contribution >= 4 is 30.1 Å². The van der Waals surface area contributed by atoms with Crippen molar-refractivity contribution in [2.45, 2.75) is 37.5 Å². The van der Waals surface area contributed by atoms with E-state index in [-0.39, 0.29) is 29.1 Å². The van der Waals surface area contributed by atoms with Crippen molar-refractivity contribution in [1.29, 1.82) is 0 Å². The summed E-state index contributed by atoms with van der Waals surface area (Å²) in [6.45, 7) is 4.64.